The van der Waals surface area contributed by atoms with Crippen LogP contribution in [0.3, 0.4) is 0 Å². The first kappa shape index (κ1) is 16.0. The molecule has 1 saturated heterocycles. The van der Waals surface area contributed by atoms with Gasteiger partial charge in [-0.3, -0.25) is 9.69 Å². The van der Waals surface area contributed by atoms with Crippen LogP contribution in [0.25, 0.3) is 0 Å². The molecule has 2 heterocycles. The number of pyridine rings is 1. The molecule has 2 rings (SSSR count). The number of hydrogen-bond acceptors (Lipinski definition) is 6. The largest absolute Gasteiger partial charge is 0.503 e. The smallest absolute Gasteiger partial charge is 0.223 e. The Morgan fingerprint density at radius 3 is 2.57 bits per heavy atom. The Morgan fingerprint density at radius 2 is 1.95 bits per heavy atom. The topological polar surface area (TPSA) is 95.2 Å². The number of rotatable bonds is 6. The van der Waals surface area contributed by atoms with Gasteiger partial charge in [0.2, 0.25) is 5.43 Å². The van der Waals surface area contributed by atoms with Crippen LogP contribution in [0.4, 0.5) is 0 Å². The van der Waals surface area contributed by atoms with E-state index in [9.17, 15) is 15.0 Å². The lowest BCUT2D eigenvalue weighted by molar-refractivity contribution is 0.0325. The van der Waals surface area contributed by atoms with E-state index in [1.165, 1.54) is 6.07 Å². The van der Waals surface area contributed by atoms with Gasteiger partial charge in [-0.2, -0.15) is 0 Å². The highest BCUT2D eigenvalue weighted by molar-refractivity contribution is 5.30. The number of ether oxygens (including phenoxy) is 1. The van der Waals surface area contributed by atoms with Crippen molar-refractivity contribution >= 4 is 0 Å². The van der Waals surface area contributed by atoms with Crippen LogP contribution in [0, 0.1) is 0 Å². The maximum Gasteiger partial charge on any atom is 0.223 e. The molecule has 0 saturated carbocycles. The molecular formula is C14H22N2O5. The summed E-state index contributed by atoms with van der Waals surface area (Å²) in [6, 6.07) is 1.25. The minimum atomic E-state index is -0.484. The SMILES string of the molecule is O=c1cc(CO)n(CCCO)c(CN2CCOCC2)c1O. The van der Waals surface area contributed by atoms with Crippen molar-refractivity contribution in [2.24, 2.45) is 0 Å². The summed E-state index contributed by atoms with van der Waals surface area (Å²) in [7, 11) is 0. The standard InChI is InChI=1S/C14H22N2O5/c17-5-1-2-16-11(10-18)8-13(19)14(20)12(16)9-15-3-6-21-7-4-15/h8,17-18,20H,1-7,9-10H2. The molecule has 21 heavy (non-hydrogen) atoms. The van der Waals surface area contributed by atoms with E-state index in [0.29, 0.717) is 44.1 Å². The Hall–Kier alpha value is -1.41. The van der Waals surface area contributed by atoms with Gasteiger partial charge in [0, 0.05) is 44.5 Å². The normalized spacial score (nSPS) is 16.3. The lowest BCUT2D eigenvalue weighted by Crippen LogP contribution is -2.37. The number of aliphatic hydroxyl groups is 2. The second-order valence-corrected chi connectivity index (χ2v) is 5.07. The quantitative estimate of drug-likeness (QED) is 0.640. The number of nitrogens with zero attached hydrogens (tertiary/aromatic N) is 2. The number of morpholine rings is 1. The molecule has 3 N–H and O–H groups in total. The van der Waals surface area contributed by atoms with Gasteiger partial charge in [-0.05, 0) is 6.42 Å². The number of aromatic hydroxyl groups is 1. The summed E-state index contributed by atoms with van der Waals surface area (Å²) in [5, 5.41) is 28.5. The Balaban J connectivity index is 2.34. The molecule has 7 heteroatoms. The van der Waals surface area contributed by atoms with Crippen LogP contribution in [0.5, 0.6) is 5.75 Å². The predicted molar refractivity (Wildman–Crippen MR) is 76.1 cm³/mol. The Morgan fingerprint density at radius 1 is 1.24 bits per heavy atom. The summed E-state index contributed by atoms with van der Waals surface area (Å²) in [6.07, 6.45) is 0.491. The van der Waals surface area contributed by atoms with Crippen molar-refractivity contribution < 1.29 is 20.1 Å². The summed E-state index contributed by atoms with van der Waals surface area (Å²) in [5.74, 6) is -0.281. The first-order chi connectivity index (χ1) is 10.2. The first-order valence-corrected chi connectivity index (χ1v) is 7.13. The van der Waals surface area contributed by atoms with Crippen molar-refractivity contribution in [2.45, 2.75) is 26.1 Å². The summed E-state index contributed by atoms with van der Waals surface area (Å²) < 4.78 is 7.01. The Bertz CT molecular complexity index is 523. The molecule has 1 aromatic heterocycles. The molecule has 0 bridgehead atoms. The van der Waals surface area contributed by atoms with E-state index in [1.54, 1.807) is 4.57 Å². The van der Waals surface area contributed by atoms with Crippen molar-refractivity contribution in [2.75, 3.05) is 32.9 Å². The van der Waals surface area contributed by atoms with E-state index in [2.05, 4.69) is 4.90 Å². The van der Waals surface area contributed by atoms with Crippen LogP contribution >= 0.6 is 0 Å². The number of hydrogen-bond donors (Lipinski definition) is 3. The van der Waals surface area contributed by atoms with Gasteiger partial charge in [0.15, 0.2) is 5.75 Å². The molecule has 1 aliphatic heterocycles. The Labute approximate surface area is 123 Å². The van der Waals surface area contributed by atoms with E-state index in [-0.39, 0.29) is 19.0 Å². The van der Waals surface area contributed by atoms with E-state index >= 15 is 0 Å². The van der Waals surface area contributed by atoms with Crippen LogP contribution in [0.15, 0.2) is 10.9 Å². The summed E-state index contributed by atoms with van der Waals surface area (Å²) in [5.41, 5.74) is 0.457. The highest BCUT2D eigenvalue weighted by Crippen LogP contribution is 2.18. The van der Waals surface area contributed by atoms with E-state index in [0.717, 1.165) is 13.1 Å². The molecule has 0 amide bonds. The van der Waals surface area contributed by atoms with E-state index in [1.807, 2.05) is 0 Å². The molecule has 1 aliphatic rings. The minimum Gasteiger partial charge on any atom is -0.503 e. The molecule has 118 valence electrons. The molecule has 0 unspecified atom stereocenters. The maximum atomic E-state index is 11.8. The Kier molecular flexibility index (Phi) is 5.75. The molecule has 0 spiro atoms. The van der Waals surface area contributed by atoms with Crippen LogP contribution in [-0.2, 0) is 24.4 Å². The zero-order valence-corrected chi connectivity index (χ0v) is 12.0. The number of aromatic nitrogens is 1. The average Bonchev–Trinajstić information content (AvgIpc) is 2.51. The first-order valence-electron chi connectivity index (χ1n) is 7.13. The fraction of sp³-hybridized carbons (Fsp3) is 0.643. The summed E-state index contributed by atoms with van der Waals surface area (Å²) >= 11 is 0. The van der Waals surface area contributed by atoms with Crippen LogP contribution in [-0.4, -0.2) is 57.7 Å². The fourth-order valence-electron chi connectivity index (χ4n) is 2.51. The lowest BCUT2D eigenvalue weighted by Gasteiger charge is -2.28. The van der Waals surface area contributed by atoms with E-state index < -0.39 is 5.43 Å². The fourth-order valence-corrected chi connectivity index (χ4v) is 2.51. The van der Waals surface area contributed by atoms with Crippen molar-refractivity contribution in [3.05, 3.63) is 27.7 Å². The van der Waals surface area contributed by atoms with Crippen LogP contribution < -0.4 is 5.43 Å². The molecule has 0 atom stereocenters. The van der Waals surface area contributed by atoms with Crippen LogP contribution in [0.1, 0.15) is 17.8 Å². The van der Waals surface area contributed by atoms with Crippen LogP contribution in [0.2, 0.25) is 0 Å². The van der Waals surface area contributed by atoms with Gasteiger partial charge >= 0.3 is 0 Å². The van der Waals surface area contributed by atoms with Crippen molar-refractivity contribution in [3.8, 4) is 5.75 Å². The highest BCUT2D eigenvalue weighted by atomic mass is 16.5. The minimum absolute atomic E-state index is 0.00868. The third-order valence-corrected chi connectivity index (χ3v) is 3.66. The zero-order valence-electron chi connectivity index (χ0n) is 12.0. The number of aliphatic hydroxyl groups excluding tert-OH is 2. The lowest BCUT2D eigenvalue weighted by atomic mass is 10.2. The molecule has 0 aromatic carbocycles. The molecule has 0 radical (unpaired) electrons. The van der Waals surface area contributed by atoms with Crippen molar-refractivity contribution in [1.82, 2.24) is 9.47 Å². The molecule has 1 aromatic rings. The third-order valence-electron chi connectivity index (χ3n) is 3.66. The second-order valence-electron chi connectivity index (χ2n) is 5.07. The third kappa shape index (κ3) is 3.82. The van der Waals surface area contributed by atoms with Gasteiger partial charge in [0.1, 0.15) is 0 Å². The van der Waals surface area contributed by atoms with Gasteiger partial charge in [-0.15, -0.1) is 0 Å². The van der Waals surface area contributed by atoms with Crippen molar-refractivity contribution in [3.63, 3.8) is 0 Å². The molecule has 1 fully saturated rings. The highest BCUT2D eigenvalue weighted by Gasteiger charge is 2.19. The molecular weight excluding hydrogens is 276 g/mol. The van der Waals surface area contributed by atoms with Gasteiger partial charge in [0.05, 0.1) is 25.5 Å². The van der Waals surface area contributed by atoms with Gasteiger partial charge in [-0.25, -0.2) is 0 Å². The van der Waals surface area contributed by atoms with Gasteiger partial charge in [-0.1, -0.05) is 0 Å². The monoisotopic (exact) mass is 298 g/mol. The summed E-state index contributed by atoms with van der Waals surface area (Å²) in [6.45, 7) is 3.31. The van der Waals surface area contributed by atoms with E-state index in [4.69, 9.17) is 9.84 Å². The summed E-state index contributed by atoms with van der Waals surface area (Å²) in [4.78, 5) is 13.9. The molecule has 0 aliphatic carbocycles. The second kappa shape index (κ2) is 7.56. The van der Waals surface area contributed by atoms with Gasteiger partial charge in [0.25, 0.3) is 0 Å². The average molecular weight is 298 g/mol. The molecule has 7 nitrogen and oxygen atoms in total. The zero-order chi connectivity index (χ0) is 15.2. The van der Waals surface area contributed by atoms with Gasteiger partial charge < -0.3 is 24.6 Å². The van der Waals surface area contributed by atoms with Crippen molar-refractivity contribution in [1.29, 1.82) is 0 Å². The maximum absolute atomic E-state index is 11.8. The predicted octanol–water partition coefficient (Wildman–Crippen LogP) is -0.739.